The summed E-state index contributed by atoms with van der Waals surface area (Å²) < 4.78 is 11.0. The lowest BCUT2D eigenvalue weighted by Gasteiger charge is -2.06. The van der Waals surface area contributed by atoms with E-state index in [0.717, 1.165) is 16.5 Å². The number of fused-ring (bicyclic) bond motifs is 1. The van der Waals surface area contributed by atoms with Crippen molar-refractivity contribution in [2.75, 3.05) is 7.11 Å². The van der Waals surface area contributed by atoms with Gasteiger partial charge in [0.2, 0.25) is 0 Å². The van der Waals surface area contributed by atoms with Crippen LogP contribution in [0.1, 0.15) is 16.1 Å². The van der Waals surface area contributed by atoms with Gasteiger partial charge < -0.3 is 20.0 Å². The SMILES string of the molecule is COc1cc(-c2ccc(C(=O)O)cc2)cc2cc(CN)oc12. The van der Waals surface area contributed by atoms with Gasteiger partial charge in [-0.15, -0.1) is 0 Å². The Kier molecular flexibility index (Phi) is 3.56. The van der Waals surface area contributed by atoms with Crippen LogP contribution in [0, 0.1) is 0 Å². The molecule has 3 N–H and O–H groups in total. The van der Waals surface area contributed by atoms with Gasteiger partial charge in [-0.05, 0) is 41.5 Å². The molecule has 0 saturated carbocycles. The molecule has 0 aliphatic carbocycles. The number of hydrogen-bond donors (Lipinski definition) is 2. The van der Waals surface area contributed by atoms with Crippen LogP contribution in [0.3, 0.4) is 0 Å². The van der Waals surface area contributed by atoms with Crippen molar-refractivity contribution in [1.82, 2.24) is 0 Å². The molecule has 0 aliphatic heterocycles. The van der Waals surface area contributed by atoms with Crippen LogP contribution in [0.5, 0.6) is 5.75 Å². The third kappa shape index (κ3) is 2.42. The predicted molar refractivity (Wildman–Crippen MR) is 83.1 cm³/mol. The summed E-state index contributed by atoms with van der Waals surface area (Å²) in [5.41, 5.74) is 8.35. The fraction of sp³-hybridized carbons (Fsp3) is 0.118. The Hall–Kier alpha value is -2.79. The van der Waals surface area contributed by atoms with Gasteiger partial charge in [-0.25, -0.2) is 4.79 Å². The Morgan fingerprint density at radius 1 is 1.18 bits per heavy atom. The fourth-order valence-corrected chi connectivity index (χ4v) is 2.40. The molecule has 0 atom stereocenters. The first-order chi connectivity index (χ1) is 10.6. The maximum atomic E-state index is 10.9. The van der Waals surface area contributed by atoms with E-state index in [-0.39, 0.29) is 5.56 Å². The lowest BCUT2D eigenvalue weighted by molar-refractivity contribution is 0.0697. The van der Waals surface area contributed by atoms with Crippen LogP contribution in [-0.2, 0) is 6.54 Å². The van der Waals surface area contributed by atoms with Gasteiger partial charge in [-0.1, -0.05) is 12.1 Å². The number of nitrogens with two attached hydrogens (primary N) is 1. The average molecular weight is 297 g/mol. The second-order valence-electron chi connectivity index (χ2n) is 4.90. The summed E-state index contributed by atoms with van der Waals surface area (Å²) in [5.74, 6) is 0.364. The fourth-order valence-electron chi connectivity index (χ4n) is 2.40. The van der Waals surface area contributed by atoms with E-state index < -0.39 is 5.97 Å². The molecular weight excluding hydrogens is 282 g/mol. The summed E-state index contributed by atoms with van der Waals surface area (Å²) in [7, 11) is 1.58. The first-order valence-corrected chi connectivity index (χ1v) is 6.76. The number of methoxy groups -OCH3 is 1. The van der Waals surface area contributed by atoms with Crippen molar-refractivity contribution in [2.24, 2.45) is 5.73 Å². The number of carbonyl (C=O) groups is 1. The normalized spacial score (nSPS) is 10.8. The molecule has 5 heteroatoms. The average Bonchev–Trinajstić information content (AvgIpc) is 2.97. The quantitative estimate of drug-likeness (QED) is 0.772. The van der Waals surface area contributed by atoms with Gasteiger partial charge in [0, 0.05) is 5.39 Å². The molecule has 0 unspecified atom stereocenters. The molecule has 3 aromatic rings. The van der Waals surface area contributed by atoms with Crippen molar-refractivity contribution in [3.8, 4) is 16.9 Å². The number of carboxylic acid groups (broad SMARTS) is 1. The zero-order valence-corrected chi connectivity index (χ0v) is 12.0. The van der Waals surface area contributed by atoms with E-state index >= 15 is 0 Å². The Labute approximate surface area is 126 Å². The van der Waals surface area contributed by atoms with Crippen molar-refractivity contribution in [2.45, 2.75) is 6.54 Å². The van der Waals surface area contributed by atoms with E-state index in [4.69, 9.17) is 20.0 Å². The van der Waals surface area contributed by atoms with Gasteiger partial charge in [0.1, 0.15) is 5.76 Å². The Morgan fingerprint density at radius 3 is 2.50 bits per heavy atom. The number of aromatic carboxylic acids is 1. The highest BCUT2D eigenvalue weighted by Gasteiger charge is 2.12. The van der Waals surface area contributed by atoms with Gasteiger partial charge in [-0.3, -0.25) is 0 Å². The molecule has 0 aliphatic rings. The van der Waals surface area contributed by atoms with Gasteiger partial charge >= 0.3 is 5.97 Å². The molecule has 2 aromatic carbocycles. The van der Waals surface area contributed by atoms with Crippen LogP contribution in [0.2, 0.25) is 0 Å². The smallest absolute Gasteiger partial charge is 0.335 e. The molecule has 3 rings (SSSR count). The summed E-state index contributed by atoms with van der Waals surface area (Å²) in [5, 5.41) is 9.86. The van der Waals surface area contributed by atoms with Gasteiger partial charge in [0.15, 0.2) is 11.3 Å². The minimum absolute atomic E-state index is 0.255. The maximum absolute atomic E-state index is 10.9. The number of hydrogen-bond acceptors (Lipinski definition) is 4. The molecule has 0 amide bonds. The molecule has 0 spiro atoms. The zero-order valence-electron chi connectivity index (χ0n) is 12.0. The number of rotatable bonds is 4. The third-order valence-corrected chi connectivity index (χ3v) is 3.52. The first kappa shape index (κ1) is 14.2. The lowest BCUT2D eigenvalue weighted by atomic mass is 10.0. The van der Waals surface area contributed by atoms with Gasteiger partial charge in [-0.2, -0.15) is 0 Å². The highest BCUT2D eigenvalue weighted by molar-refractivity contribution is 5.91. The highest BCUT2D eigenvalue weighted by Crippen LogP contribution is 2.34. The minimum atomic E-state index is -0.943. The first-order valence-electron chi connectivity index (χ1n) is 6.76. The molecule has 1 aromatic heterocycles. The van der Waals surface area contributed by atoms with Crippen LogP contribution in [-0.4, -0.2) is 18.2 Å². The molecule has 22 heavy (non-hydrogen) atoms. The van der Waals surface area contributed by atoms with Crippen molar-refractivity contribution in [1.29, 1.82) is 0 Å². The van der Waals surface area contributed by atoms with E-state index in [1.54, 1.807) is 31.4 Å². The minimum Gasteiger partial charge on any atom is -0.493 e. The van der Waals surface area contributed by atoms with Crippen LogP contribution < -0.4 is 10.5 Å². The van der Waals surface area contributed by atoms with Crippen molar-refractivity contribution >= 4 is 16.9 Å². The van der Waals surface area contributed by atoms with Crippen LogP contribution >= 0.6 is 0 Å². The Bertz CT molecular complexity index is 834. The topological polar surface area (TPSA) is 85.7 Å². The lowest BCUT2D eigenvalue weighted by Crippen LogP contribution is -1.95. The predicted octanol–water partition coefficient (Wildman–Crippen LogP) is 3.27. The van der Waals surface area contributed by atoms with Gasteiger partial charge in [0.25, 0.3) is 0 Å². The van der Waals surface area contributed by atoms with Crippen LogP contribution in [0.25, 0.3) is 22.1 Å². The number of carboxylic acids is 1. The number of furan rings is 1. The molecule has 0 fully saturated rings. The number of ether oxygens (including phenoxy) is 1. The molecule has 0 radical (unpaired) electrons. The molecule has 0 bridgehead atoms. The summed E-state index contributed by atoms with van der Waals surface area (Å²) in [6.45, 7) is 0.320. The molecule has 5 nitrogen and oxygen atoms in total. The summed E-state index contributed by atoms with van der Waals surface area (Å²) in [6.07, 6.45) is 0. The molecular formula is C17H15NO4. The van der Waals surface area contributed by atoms with E-state index in [1.165, 1.54) is 0 Å². The van der Waals surface area contributed by atoms with Crippen molar-refractivity contribution in [3.05, 3.63) is 53.8 Å². The molecule has 0 saturated heterocycles. The summed E-state index contributed by atoms with van der Waals surface area (Å²) in [6, 6.07) is 12.4. The highest BCUT2D eigenvalue weighted by atomic mass is 16.5. The van der Waals surface area contributed by atoms with E-state index in [2.05, 4.69) is 0 Å². The van der Waals surface area contributed by atoms with Crippen molar-refractivity contribution < 1.29 is 19.1 Å². The Morgan fingerprint density at radius 2 is 1.91 bits per heavy atom. The molecule has 112 valence electrons. The standard InChI is InChI=1S/C17H15NO4/c1-21-15-8-12(6-13-7-14(9-18)22-16(13)15)10-2-4-11(5-3-10)17(19)20/h2-8H,9,18H2,1H3,(H,19,20). The number of benzene rings is 2. The van der Waals surface area contributed by atoms with E-state index in [1.807, 2.05) is 18.2 Å². The van der Waals surface area contributed by atoms with E-state index in [0.29, 0.717) is 23.6 Å². The monoisotopic (exact) mass is 297 g/mol. The second-order valence-corrected chi connectivity index (χ2v) is 4.90. The van der Waals surface area contributed by atoms with Crippen LogP contribution in [0.15, 0.2) is 46.9 Å². The Balaban J connectivity index is 2.11. The van der Waals surface area contributed by atoms with Crippen LogP contribution in [0.4, 0.5) is 0 Å². The van der Waals surface area contributed by atoms with Crippen molar-refractivity contribution in [3.63, 3.8) is 0 Å². The van der Waals surface area contributed by atoms with E-state index in [9.17, 15) is 4.79 Å². The largest absolute Gasteiger partial charge is 0.493 e. The summed E-state index contributed by atoms with van der Waals surface area (Å²) >= 11 is 0. The van der Waals surface area contributed by atoms with Gasteiger partial charge in [0.05, 0.1) is 19.2 Å². The summed E-state index contributed by atoms with van der Waals surface area (Å²) in [4.78, 5) is 10.9. The molecule has 1 heterocycles. The maximum Gasteiger partial charge on any atom is 0.335 e. The zero-order chi connectivity index (χ0) is 15.7. The third-order valence-electron chi connectivity index (χ3n) is 3.52. The second kappa shape index (κ2) is 5.54.